The molecule has 0 spiro atoms. The van der Waals surface area contributed by atoms with E-state index in [1.54, 1.807) is 0 Å². The van der Waals surface area contributed by atoms with Gasteiger partial charge in [0.2, 0.25) is 0 Å². The Kier molecular flexibility index (Phi) is 4.99. The van der Waals surface area contributed by atoms with Gasteiger partial charge in [-0.1, -0.05) is 30.7 Å². The van der Waals surface area contributed by atoms with Gasteiger partial charge in [-0.3, -0.25) is 0 Å². The highest BCUT2D eigenvalue weighted by Crippen LogP contribution is 2.22. The van der Waals surface area contributed by atoms with Gasteiger partial charge in [-0.05, 0) is 42.3 Å². The van der Waals surface area contributed by atoms with Crippen molar-refractivity contribution in [3.63, 3.8) is 0 Å². The predicted octanol–water partition coefficient (Wildman–Crippen LogP) is 4.47. The van der Waals surface area contributed by atoms with Crippen LogP contribution in [0.15, 0.2) is 42.5 Å². The van der Waals surface area contributed by atoms with Crippen LogP contribution in [-0.4, -0.2) is 0 Å². The van der Waals surface area contributed by atoms with Crippen molar-refractivity contribution in [2.75, 3.05) is 0 Å². The van der Waals surface area contributed by atoms with Crippen LogP contribution in [0.4, 0.5) is 4.39 Å². The van der Waals surface area contributed by atoms with Crippen LogP contribution >= 0.6 is 11.6 Å². The molecule has 2 N–H and O–H groups in total. The van der Waals surface area contributed by atoms with Crippen LogP contribution in [0.5, 0.6) is 5.75 Å². The molecule has 0 amide bonds. The molecule has 2 nitrogen and oxygen atoms in total. The normalized spacial score (nSPS) is 12.2. The SMILES string of the molecule is CCC(N)c1ccc(OCc2cc(F)ccc2Cl)cc1. The zero-order valence-corrected chi connectivity index (χ0v) is 12.0. The Hall–Kier alpha value is -1.58. The molecule has 2 aromatic rings. The fourth-order valence-electron chi connectivity index (χ4n) is 1.86. The third-order valence-corrected chi connectivity index (χ3v) is 3.52. The molecule has 1 unspecified atom stereocenters. The average molecular weight is 294 g/mol. The second-order valence-electron chi connectivity index (χ2n) is 4.61. The second kappa shape index (κ2) is 6.73. The maximum absolute atomic E-state index is 13.1. The van der Waals surface area contributed by atoms with Crippen LogP contribution in [-0.2, 0) is 6.61 Å². The lowest BCUT2D eigenvalue weighted by Crippen LogP contribution is -2.08. The summed E-state index contributed by atoms with van der Waals surface area (Å²) in [6.45, 7) is 2.27. The Morgan fingerprint density at radius 3 is 2.55 bits per heavy atom. The fraction of sp³-hybridized carbons (Fsp3) is 0.250. The van der Waals surface area contributed by atoms with Crippen molar-refractivity contribution in [3.8, 4) is 5.75 Å². The van der Waals surface area contributed by atoms with Crippen LogP contribution in [0.25, 0.3) is 0 Å². The molecule has 20 heavy (non-hydrogen) atoms. The van der Waals surface area contributed by atoms with Crippen molar-refractivity contribution in [2.45, 2.75) is 26.0 Å². The molecule has 0 aliphatic heterocycles. The highest BCUT2D eigenvalue weighted by atomic mass is 35.5. The number of benzene rings is 2. The average Bonchev–Trinajstić information content (AvgIpc) is 2.48. The smallest absolute Gasteiger partial charge is 0.123 e. The van der Waals surface area contributed by atoms with Gasteiger partial charge >= 0.3 is 0 Å². The standard InChI is InChI=1S/C16H17ClFNO/c1-2-16(19)11-3-6-14(7-4-11)20-10-12-9-13(18)5-8-15(12)17/h3-9,16H,2,10,19H2,1H3. The zero-order chi connectivity index (χ0) is 14.5. The van der Waals surface area contributed by atoms with Crippen LogP contribution in [0.1, 0.15) is 30.5 Å². The van der Waals surface area contributed by atoms with E-state index in [0.29, 0.717) is 16.3 Å². The molecule has 106 valence electrons. The van der Waals surface area contributed by atoms with Gasteiger partial charge in [-0.2, -0.15) is 0 Å². The van der Waals surface area contributed by atoms with Crippen molar-refractivity contribution in [1.29, 1.82) is 0 Å². The number of hydrogen-bond acceptors (Lipinski definition) is 2. The molecule has 0 aliphatic carbocycles. The van der Waals surface area contributed by atoms with Gasteiger partial charge in [0.15, 0.2) is 0 Å². The molecule has 0 aromatic heterocycles. The van der Waals surface area contributed by atoms with E-state index in [1.165, 1.54) is 18.2 Å². The summed E-state index contributed by atoms with van der Waals surface area (Å²) in [5, 5.41) is 0.496. The van der Waals surface area contributed by atoms with Gasteiger partial charge in [-0.15, -0.1) is 0 Å². The van der Waals surface area contributed by atoms with Crippen molar-refractivity contribution < 1.29 is 9.13 Å². The third kappa shape index (κ3) is 3.71. The first-order valence-corrected chi connectivity index (χ1v) is 6.90. The van der Waals surface area contributed by atoms with Crippen molar-refractivity contribution in [1.82, 2.24) is 0 Å². The van der Waals surface area contributed by atoms with Crippen molar-refractivity contribution >= 4 is 11.6 Å². The zero-order valence-electron chi connectivity index (χ0n) is 11.3. The molecule has 2 aromatic carbocycles. The molecular formula is C16H17ClFNO. The fourth-order valence-corrected chi connectivity index (χ4v) is 2.03. The number of hydrogen-bond donors (Lipinski definition) is 1. The molecule has 4 heteroatoms. The maximum Gasteiger partial charge on any atom is 0.123 e. The molecule has 0 saturated carbocycles. The highest BCUT2D eigenvalue weighted by molar-refractivity contribution is 6.31. The third-order valence-electron chi connectivity index (χ3n) is 3.15. The lowest BCUT2D eigenvalue weighted by atomic mass is 10.1. The molecule has 0 fully saturated rings. The number of halogens is 2. The van der Waals surface area contributed by atoms with Crippen LogP contribution in [0, 0.1) is 5.82 Å². The van der Waals surface area contributed by atoms with E-state index in [0.717, 1.165) is 12.0 Å². The number of nitrogens with two attached hydrogens (primary N) is 1. The first-order chi connectivity index (χ1) is 9.60. The first kappa shape index (κ1) is 14.8. The summed E-state index contributed by atoms with van der Waals surface area (Å²) in [6, 6.07) is 11.9. The topological polar surface area (TPSA) is 35.2 Å². The highest BCUT2D eigenvalue weighted by Gasteiger charge is 2.05. The Bertz CT molecular complexity index is 571. The second-order valence-corrected chi connectivity index (χ2v) is 5.02. The summed E-state index contributed by atoms with van der Waals surface area (Å²) in [6.07, 6.45) is 0.888. The minimum atomic E-state index is -0.322. The van der Waals surface area contributed by atoms with E-state index in [-0.39, 0.29) is 18.5 Å². The van der Waals surface area contributed by atoms with Gasteiger partial charge in [0.25, 0.3) is 0 Å². The van der Waals surface area contributed by atoms with Crippen molar-refractivity contribution in [2.24, 2.45) is 5.73 Å². The summed E-state index contributed by atoms with van der Waals surface area (Å²) in [5.41, 5.74) is 7.64. The molecule has 0 saturated heterocycles. The van der Waals surface area contributed by atoms with Gasteiger partial charge in [0.05, 0.1) is 0 Å². The quantitative estimate of drug-likeness (QED) is 0.883. The summed E-state index contributed by atoms with van der Waals surface area (Å²) in [5.74, 6) is 0.384. The van der Waals surface area contributed by atoms with E-state index in [9.17, 15) is 4.39 Å². The predicted molar refractivity (Wildman–Crippen MR) is 79.4 cm³/mol. The van der Waals surface area contributed by atoms with Crippen LogP contribution in [0.2, 0.25) is 5.02 Å². The van der Waals surface area contributed by atoms with E-state index >= 15 is 0 Å². The minimum Gasteiger partial charge on any atom is -0.489 e. The van der Waals surface area contributed by atoms with Crippen LogP contribution < -0.4 is 10.5 Å². The van der Waals surface area contributed by atoms with Gasteiger partial charge in [0.1, 0.15) is 18.2 Å². The van der Waals surface area contributed by atoms with E-state index in [1.807, 2.05) is 31.2 Å². The molecule has 0 bridgehead atoms. The van der Waals surface area contributed by atoms with E-state index in [4.69, 9.17) is 22.1 Å². The van der Waals surface area contributed by atoms with Gasteiger partial charge < -0.3 is 10.5 Å². The number of ether oxygens (including phenoxy) is 1. The molecule has 1 atom stereocenters. The molecule has 0 aliphatic rings. The Balaban J connectivity index is 2.02. The first-order valence-electron chi connectivity index (χ1n) is 6.52. The molecular weight excluding hydrogens is 277 g/mol. The maximum atomic E-state index is 13.1. The van der Waals surface area contributed by atoms with Gasteiger partial charge in [-0.25, -0.2) is 4.39 Å². The molecule has 0 radical (unpaired) electrons. The van der Waals surface area contributed by atoms with Gasteiger partial charge in [0, 0.05) is 16.6 Å². The lowest BCUT2D eigenvalue weighted by Gasteiger charge is -2.11. The monoisotopic (exact) mass is 293 g/mol. The summed E-state index contributed by atoms with van der Waals surface area (Å²) < 4.78 is 18.7. The Morgan fingerprint density at radius 2 is 1.90 bits per heavy atom. The number of rotatable bonds is 5. The van der Waals surface area contributed by atoms with Crippen molar-refractivity contribution in [3.05, 3.63) is 64.4 Å². The molecule has 0 heterocycles. The summed E-state index contributed by atoms with van der Waals surface area (Å²) in [7, 11) is 0. The Morgan fingerprint density at radius 1 is 1.20 bits per heavy atom. The summed E-state index contributed by atoms with van der Waals surface area (Å²) in [4.78, 5) is 0. The van der Waals surface area contributed by atoms with E-state index < -0.39 is 0 Å². The van der Waals surface area contributed by atoms with Crippen LogP contribution in [0.3, 0.4) is 0 Å². The molecule has 2 rings (SSSR count). The minimum absolute atomic E-state index is 0.0433. The Labute approximate surface area is 123 Å². The lowest BCUT2D eigenvalue weighted by molar-refractivity contribution is 0.305. The van der Waals surface area contributed by atoms with E-state index in [2.05, 4.69) is 0 Å². The summed E-state index contributed by atoms with van der Waals surface area (Å²) >= 11 is 5.98. The largest absolute Gasteiger partial charge is 0.489 e.